The van der Waals surface area contributed by atoms with Crippen molar-refractivity contribution in [1.29, 1.82) is 5.26 Å². The molecule has 1 aromatic rings. The molecule has 1 N–H and O–H groups in total. The maximum atomic E-state index is 12.0. The molecule has 0 spiro atoms. The standard InChI is InChI=1S/C9H7F3N2OS/c1-4-5(2)16-7(6(4)3-13)14-8(15)9(10,11)12/h1-2H3,(H,14,15). The van der Waals surface area contributed by atoms with Crippen LogP contribution in [0.3, 0.4) is 0 Å². The topological polar surface area (TPSA) is 52.9 Å². The Hall–Kier alpha value is -1.55. The summed E-state index contributed by atoms with van der Waals surface area (Å²) in [6.45, 7) is 3.29. The molecule has 0 bridgehead atoms. The van der Waals surface area contributed by atoms with Crippen LogP contribution in [0.25, 0.3) is 0 Å². The molecule has 0 aliphatic carbocycles. The summed E-state index contributed by atoms with van der Waals surface area (Å²) in [5.41, 5.74) is 0.671. The molecule has 3 nitrogen and oxygen atoms in total. The molecule has 0 atom stereocenters. The van der Waals surface area contributed by atoms with Crippen molar-refractivity contribution in [2.45, 2.75) is 20.0 Å². The van der Waals surface area contributed by atoms with Crippen LogP contribution in [0.1, 0.15) is 16.0 Å². The van der Waals surface area contributed by atoms with Crippen molar-refractivity contribution in [3.8, 4) is 6.07 Å². The van der Waals surface area contributed by atoms with Crippen LogP contribution in [-0.2, 0) is 4.79 Å². The van der Waals surface area contributed by atoms with Crippen LogP contribution in [0.4, 0.5) is 18.2 Å². The third-order valence-corrected chi connectivity index (χ3v) is 3.10. The van der Waals surface area contributed by atoms with Crippen LogP contribution in [0.15, 0.2) is 0 Å². The van der Waals surface area contributed by atoms with Gasteiger partial charge in [0.2, 0.25) is 0 Å². The third kappa shape index (κ3) is 2.33. The van der Waals surface area contributed by atoms with E-state index in [0.29, 0.717) is 10.4 Å². The molecule has 7 heteroatoms. The van der Waals surface area contributed by atoms with E-state index in [2.05, 4.69) is 0 Å². The highest BCUT2D eigenvalue weighted by molar-refractivity contribution is 7.16. The molecule has 0 fully saturated rings. The second kappa shape index (κ2) is 4.14. The Morgan fingerprint density at radius 1 is 1.44 bits per heavy atom. The fourth-order valence-electron chi connectivity index (χ4n) is 1.02. The van der Waals surface area contributed by atoms with Gasteiger partial charge < -0.3 is 5.32 Å². The predicted octanol–water partition coefficient (Wildman–Crippen LogP) is 2.74. The first-order chi connectivity index (χ1) is 7.27. The first kappa shape index (κ1) is 12.5. The van der Waals surface area contributed by atoms with E-state index >= 15 is 0 Å². The van der Waals surface area contributed by atoms with Gasteiger partial charge in [-0.3, -0.25) is 4.79 Å². The van der Waals surface area contributed by atoms with Gasteiger partial charge in [-0.1, -0.05) is 0 Å². The second-order valence-electron chi connectivity index (χ2n) is 3.05. The van der Waals surface area contributed by atoms with Crippen LogP contribution in [-0.4, -0.2) is 12.1 Å². The molecule has 1 amide bonds. The number of nitriles is 1. The number of hydrogen-bond donors (Lipinski definition) is 1. The number of nitrogens with zero attached hydrogens (tertiary/aromatic N) is 1. The minimum absolute atomic E-state index is 0.0557. The lowest BCUT2D eigenvalue weighted by Crippen LogP contribution is -2.29. The summed E-state index contributed by atoms with van der Waals surface area (Å²) in [5.74, 6) is -2.06. The molecular weight excluding hydrogens is 241 g/mol. The average Bonchev–Trinajstić information content (AvgIpc) is 2.41. The van der Waals surface area contributed by atoms with Crippen molar-refractivity contribution in [2.75, 3.05) is 5.32 Å². The van der Waals surface area contributed by atoms with Crippen molar-refractivity contribution in [1.82, 2.24) is 0 Å². The van der Waals surface area contributed by atoms with Crippen molar-refractivity contribution >= 4 is 22.2 Å². The van der Waals surface area contributed by atoms with Gasteiger partial charge in [0.05, 0.1) is 5.56 Å². The number of nitrogens with one attached hydrogen (secondary N) is 1. The molecule has 0 unspecified atom stereocenters. The van der Waals surface area contributed by atoms with Crippen molar-refractivity contribution in [2.24, 2.45) is 0 Å². The quantitative estimate of drug-likeness (QED) is 0.830. The summed E-state index contributed by atoms with van der Waals surface area (Å²) in [6.07, 6.45) is -4.95. The van der Waals surface area contributed by atoms with Gasteiger partial charge >= 0.3 is 12.1 Å². The fraction of sp³-hybridized carbons (Fsp3) is 0.333. The van der Waals surface area contributed by atoms with E-state index < -0.39 is 12.1 Å². The van der Waals surface area contributed by atoms with Crippen molar-refractivity contribution in [3.63, 3.8) is 0 Å². The normalized spacial score (nSPS) is 11.0. The summed E-state index contributed by atoms with van der Waals surface area (Å²) in [5, 5.41) is 10.4. The van der Waals surface area contributed by atoms with Gasteiger partial charge in [-0.2, -0.15) is 18.4 Å². The Morgan fingerprint density at radius 3 is 2.44 bits per heavy atom. The Labute approximate surface area is 93.5 Å². The van der Waals surface area contributed by atoms with Gasteiger partial charge in [0.1, 0.15) is 11.1 Å². The van der Waals surface area contributed by atoms with Crippen molar-refractivity contribution < 1.29 is 18.0 Å². The number of amides is 1. The fourth-order valence-corrected chi connectivity index (χ4v) is 2.03. The first-order valence-corrected chi connectivity index (χ1v) is 4.97. The number of alkyl halides is 3. The lowest BCUT2D eigenvalue weighted by atomic mass is 10.2. The summed E-state index contributed by atoms with van der Waals surface area (Å²) in [7, 11) is 0. The minimum Gasteiger partial charge on any atom is -0.309 e. The molecule has 0 aliphatic heterocycles. The monoisotopic (exact) mass is 248 g/mol. The molecule has 1 rings (SSSR count). The maximum Gasteiger partial charge on any atom is 0.471 e. The number of halogens is 3. The SMILES string of the molecule is Cc1sc(NC(=O)C(F)(F)F)c(C#N)c1C. The number of anilines is 1. The predicted molar refractivity (Wildman–Crippen MR) is 53.2 cm³/mol. The Balaban J connectivity index is 3.04. The second-order valence-corrected chi connectivity index (χ2v) is 4.28. The number of carbonyl (C=O) groups excluding carboxylic acids is 1. The highest BCUT2D eigenvalue weighted by atomic mass is 32.1. The molecule has 0 aliphatic rings. The Bertz CT molecular complexity index is 470. The van der Waals surface area contributed by atoms with Gasteiger partial charge in [0.15, 0.2) is 0 Å². The van der Waals surface area contributed by atoms with E-state index in [0.717, 1.165) is 11.3 Å². The van der Waals surface area contributed by atoms with Crippen LogP contribution >= 0.6 is 11.3 Å². The van der Waals surface area contributed by atoms with Crippen LogP contribution in [0.2, 0.25) is 0 Å². The zero-order chi connectivity index (χ0) is 12.5. The highest BCUT2D eigenvalue weighted by Crippen LogP contribution is 2.32. The molecular formula is C9H7F3N2OS. The van der Waals surface area contributed by atoms with Crippen molar-refractivity contribution in [3.05, 3.63) is 16.0 Å². The summed E-state index contributed by atoms with van der Waals surface area (Å²) in [6, 6.07) is 1.77. The van der Waals surface area contributed by atoms with Gasteiger partial charge in [0, 0.05) is 4.88 Å². The summed E-state index contributed by atoms with van der Waals surface area (Å²) >= 11 is 0.956. The van der Waals surface area contributed by atoms with Crippen LogP contribution in [0, 0.1) is 25.2 Å². The third-order valence-electron chi connectivity index (χ3n) is 1.98. The number of thiophene rings is 1. The van der Waals surface area contributed by atoms with Gasteiger partial charge in [-0.15, -0.1) is 11.3 Å². The molecule has 0 saturated carbocycles. The van der Waals surface area contributed by atoms with Gasteiger partial charge in [0.25, 0.3) is 0 Å². The molecule has 1 aromatic heterocycles. The van der Waals surface area contributed by atoms with E-state index in [1.54, 1.807) is 25.2 Å². The van der Waals surface area contributed by atoms with Gasteiger partial charge in [-0.05, 0) is 19.4 Å². The molecule has 0 aromatic carbocycles. The minimum atomic E-state index is -4.95. The zero-order valence-corrected chi connectivity index (χ0v) is 9.21. The lowest BCUT2D eigenvalue weighted by Gasteiger charge is -2.05. The van der Waals surface area contributed by atoms with E-state index in [4.69, 9.17) is 5.26 Å². The van der Waals surface area contributed by atoms with Gasteiger partial charge in [-0.25, -0.2) is 0 Å². The Kier molecular flexibility index (Phi) is 3.24. The molecule has 0 radical (unpaired) electrons. The Morgan fingerprint density at radius 2 is 2.00 bits per heavy atom. The maximum absolute atomic E-state index is 12.0. The molecule has 16 heavy (non-hydrogen) atoms. The van der Waals surface area contributed by atoms with Crippen LogP contribution < -0.4 is 5.32 Å². The summed E-state index contributed by atoms with van der Waals surface area (Å²) < 4.78 is 36.0. The average molecular weight is 248 g/mol. The number of rotatable bonds is 1. The first-order valence-electron chi connectivity index (χ1n) is 4.15. The largest absolute Gasteiger partial charge is 0.471 e. The van der Waals surface area contributed by atoms with Crippen LogP contribution in [0.5, 0.6) is 0 Å². The van der Waals surface area contributed by atoms with E-state index in [1.807, 2.05) is 0 Å². The number of aryl methyl sites for hydroxylation is 1. The highest BCUT2D eigenvalue weighted by Gasteiger charge is 2.39. The number of carbonyl (C=O) groups is 1. The van der Waals surface area contributed by atoms with E-state index in [-0.39, 0.29) is 10.6 Å². The zero-order valence-electron chi connectivity index (χ0n) is 8.40. The lowest BCUT2D eigenvalue weighted by molar-refractivity contribution is -0.167. The summed E-state index contributed by atoms with van der Waals surface area (Å²) in [4.78, 5) is 11.4. The smallest absolute Gasteiger partial charge is 0.309 e. The number of hydrogen-bond acceptors (Lipinski definition) is 3. The molecule has 86 valence electrons. The van der Waals surface area contributed by atoms with E-state index in [1.165, 1.54) is 0 Å². The van der Waals surface area contributed by atoms with E-state index in [9.17, 15) is 18.0 Å². The molecule has 0 saturated heterocycles. The molecule has 1 heterocycles.